The minimum absolute atomic E-state index is 0.596. The maximum Gasteiger partial charge on any atom is 0.175 e. The maximum absolute atomic E-state index is 5.58. The normalized spacial score (nSPS) is 10.4. The third kappa shape index (κ3) is 4.41. The molecule has 0 fully saturated rings. The van der Waals surface area contributed by atoms with Gasteiger partial charge in [-0.3, -0.25) is 0 Å². The van der Waals surface area contributed by atoms with Gasteiger partial charge in [0.2, 0.25) is 0 Å². The van der Waals surface area contributed by atoms with Gasteiger partial charge in [0, 0.05) is 19.3 Å². The molecular formula is C15H18BrN3O2. The molecule has 1 N–H and O–H groups in total. The standard InChI is InChI=1S/C15H18BrN3O2/c1-3-21-15-13(16)7-11(8-14(15)20-2)9-17-10-12-5-4-6-18-19-12/h4-8,17H,3,9-10H2,1-2H3. The SMILES string of the molecule is CCOc1c(Br)cc(CNCc2cccnn2)cc1OC. The van der Waals surface area contributed by atoms with E-state index in [1.165, 1.54) is 0 Å². The first-order valence-corrected chi connectivity index (χ1v) is 7.50. The molecule has 0 aliphatic rings. The molecule has 0 aliphatic heterocycles. The van der Waals surface area contributed by atoms with Crippen molar-refractivity contribution in [3.63, 3.8) is 0 Å². The molecule has 0 spiro atoms. The predicted molar refractivity (Wildman–Crippen MR) is 84.4 cm³/mol. The quantitative estimate of drug-likeness (QED) is 0.830. The zero-order chi connectivity index (χ0) is 15.1. The smallest absolute Gasteiger partial charge is 0.175 e. The molecule has 2 aromatic rings. The lowest BCUT2D eigenvalue weighted by atomic mass is 10.2. The van der Waals surface area contributed by atoms with Crippen LogP contribution in [0.1, 0.15) is 18.2 Å². The van der Waals surface area contributed by atoms with E-state index in [-0.39, 0.29) is 0 Å². The van der Waals surface area contributed by atoms with Gasteiger partial charge < -0.3 is 14.8 Å². The lowest BCUT2D eigenvalue weighted by Crippen LogP contribution is -2.14. The van der Waals surface area contributed by atoms with Gasteiger partial charge in [-0.05, 0) is 52.7 Å². The van der Waals surface area contributed by atoms with Crippen LogP contribution in [0.4, 0.5) is 0 Å². The molecule has 0 bridgehead atoms. The fourth-order valence-corrected chi connectivity index (χ4v) is 2.53. The van der Waals surface area contributed by atoms with Gasteiger partial charge in [0.1, 0.15) is 0 Å². The van der Waals surface area contributed by atoms with Crippen molar-refractivity contribution >= 4 is 15.9 Å². The van der Waals surface area contributed by atoms with Crippen LogP contribution in [0, 0.1) is 0 Å². The van der Waals surface area contributed by atoms with Crippen molar-refractivity contribution in [1.29, 1.82) is 0 Å². The summed E-state index contributed by atoms with van der Waals surface area (Å²) in [6, 6.07) is 7.81. The third-order valence-electron chi connectivity index (χ3n) is 2.84. The predicted octanol–water partition coefficient (Wildman–Crippen LogP) is 2.94. The van der Waals surface area contributed by atoms with E-state index in [1.807, 2.05) is 31.2 Å². The van der Waals surface area contributed by atoms with Crippen molar-refractivity contribution in [3.8, 4) is 11.5 Å². The lowest BCUT2D eigenvalue weighted by molar-refractivity contribution is 0.308. The van der Waals surface area contributed by atoms with Crippen LogP contribution < -0.4 is 14.8 Å². The van der Waals surface area contributed by atoms with Crippen LogP contribution in [0.3, 0.4) is 0 Å². The average Bonchev–Trinajstić information content (AvgIpc) is 2.51. The molecule has 0 saturated carbocycles. The number of hydrogen-bond donors (Lipinski definition) is 1. The van der Waals surface area contributed by atoms with Gasteiger partial charge in [-0.1, -0.05) is 0 Å². The topological polar surface area (TPSA) is 56.3 Å². The molecule has 6 heteroatoms. The molecule has 0 radical (unpaired) electrons. The third-order valence-corrected chi connectivity index (χ3v) is 3.43. The Labute approximate surface area is 132 Å². The maximum atomic E-state index is 5.58. The van der Waals surface area contributed by atoms with E-state index in [0.29, 0.717) is 19.7 Å². The van der Waals surface area contributed by atoms with Crippen molar-refractivity contribution < 1.29 is 9.47 Å². The van der Waals surface area contributed by atoms with Crippen LogP contribution in [0.15, 0.2) is 34.9 Å². The van der Waals surface area contributed by atoms with Gasteiger partial charge in [-0.25, -0.2) is 0 Å². The molecule has 1 aromatic heterocycles. The number of methoxy groups -OCH3 is 1. The molecular weight excluding hydrogens is 334 g/mol. The largest absolute Gasteiger partial charge is 0.493 e. The van der Waals surface area contributed by atoms with Gasteiger partial charge in [0.15, 0.2) is 11.5 Å². The molecule has 0 atom stereocenters. The highest BCUT2D eigenvalue weighted by molar-refractivity contribution is 9.10. The molecule has 0 unspecified atom stereocenters. The second-order valence-corrected chi connectivity index (χ2v) is 5.21. The first kappa shape index (κ1) is 15.7. The average molecular weight is 352 g/mol. The molecule has 1 heterocycles. The van der Waals surface area contributed by atoms with E-state index in [9.17, 15) is 0 Å². The van der Waals surface area contributed by atoms with Gasteiger partial charge in [-0.2, -0.15) is 10.2 Å². The fourth-order valence-electron chi connectivity index (χ4n) is 1.92. The van der Waals surface area contributed by atoms with Crippen LogP contribution >= 0.6 is 15.9 Å². The Kier molecular flexibility index (Phi) is 5.95. The Balaban J connectivity index is 2.02. The number of ether oxygens (including phenoxy) is 2. The Morgan fingerprint density at radius 1 is 1.29 bits per heavy atom. The van der Waals surface area contributed by atoms with Crippen molar-refractivity contribution in [2.75, 3.05) is 13.7 Å². The molecule has 21 heavy (non-hydrogen) atoms. The van der Waals surface area contributed by atoms with Crippen LogP contribution in [0.25, 0.3) is 0 Å². The second-order valence-electron chi connectivity index (χ2n) is 4.36. The fraction of sp³-hybridized carbons (Fsp3) is 0.333. The van der Waals surface area contributed by atoms with E-state index in [1.54, 1.807) is 13.3 Å². The van der Waals surface area contributed by atoms with Gasteiger partial charge in [0.25, 0.3) is 0 Å². The summed E-state index contributed by atoms with van der Waals surface area (Å²) < 4.78 is 11.8. The van der Waals surface area contributed by atoms with Crippen LogP contribution in [0.2, 0.25) is 0 Å². The molecule has 5 nitrogen and oxygen atoms in total. The minimum Gasteiger partial charge on any atom is -0.493 e. The summed E-state index contributed by atoms with van der Waals surface area (Å²) in [4.78, 5) is 0. The number of aromatic nitrogens is 2. The Morgan fingerprint density at radius 2 is 2.14 bits per heavy atom. The number of halogens is 1. The summed E-state index contributed by atoms with van der Waals surface area (Å²) >= 11 is 3.52. The van der Waals surface area contributed by atoms with Gasteiger partial charge in [-0.15, -0.1) is 0 Å². The van der Waals surface area contributed by atoms with E-state index >= 15 is 0 Å². The number of rotatable bonds is 7. The van der Waals surface area contributed by atoms with Gasteiger partial charge >= 0.3 is 0 Å². The van der Waals surface area contributed by atoms with Crippen molar-refractivity contribution in [3.05, 3.63) is 46.2 Å². The van der Waals surface area contributed by atoms with Crippen molar-refractivity contribution in [1.82, 2.24) is 15.5 Å². The summed E-state index contributed by atoms with van der Waals surface area (Å²) in [5, 5.41) is 11.2. The van der Waals surface area contributed by atoms with E-state index in [4.69, 9.17) is 9.47 Å². The number of benzene rings is 1. The number of nitrogens with one attached hydrogen (secondary N) is 1. The summed E-state index contributed by atoms with van der Waals surface area (Å²) in [6.07, 6.45) is 1.66. The number of nitrogens with zero attached hydrogens (tertiary/aromatic N) is 2. The van der Waals surface area contributed by atoms with Crippen LogP contribution in [0.5, 0.6) is 11.5 Å². The van der Waals surface area contributed by atoms with Crippen molar-refractivity contribution in [2.45, 2.75) is 20.0 Å². The monoisotopic (exact) mass is 351 g/mol. The van der Waals surface area contributed by atoms with Crippen LogP contribution in [-0.4, -0.2) is 23.9 Å². The lowest BCUT2D eigenvalue weighted by Gasteiger charge is -2.13. The highest BCUT2D eigenvalue weighted by atomic mass is 79.9. The molecule has 2 rings (SSSR count). The van der Waals surface area contributed by atoms with E-state index in [0.717, 1.165) is 27.2 Å². The zero-order valence-corrected chi connectivity index (χ0v) is 13.7. The summed E-state index contributed by atoms with van der Waals surface area (Å²) in [5.41, 5.74) is 2.01. The number of hydrogen-bond acceptors (Lipinski definition) is 5. The Hall–Kier alpha value is -1.66. The summed E-state index contributed by atoms with van der Waals surface area (Å²) in [7, 11) is 1.64. The second kappa shape index (κ2) is 7.95. The van der Waals surface area contributed by atoms with E-state index < -0.39 is 0 Å². The Morgan fingerprint density at radius 3 is 2.81 bits per heavy atom. The summed E-state index contributed by atoms with van der Waals surface area (Å²) in [6.45, 7) is 3.92. The molecule has 1 aromatic carbocycles. The molecule has 0 amide bonds. The first-order valence-electron chi connectivity index (χ1n) is 6.71. The summed E-state index contributed by atoms with van der Waals surface area (Å²) in [5.74, 6) is 1.46. The first-order chi connectivity index (χ1) is 10.2. The van der Waals surface area contributed by atoms with Gasteiger partial charge in [0.05, 0.1) is 23.9 Å². The molecule has 112 valence electrons. The van der Waals surface area contributed by atoms with E-state index in [2.05, 4.69) is 31.4 Å². The van der Waals surface area contributed by atoms with Crippen LogP contribution in [-0.2, 0) is 13.1 Å². The minimum atomic E-state index is 0.596. The molecule has 0 saturated heterocycles. The highest BCUT2D eigenvalue weighted by Gasteiger charge is 2.11. The van der Waals surface area contributed by atoms with Crippen molar-refractivity contribution in [2.24, 2.45) is 0 Å². The molecule has 0 aliphatic carbocycles. The highest BCUT2D eigenvalue weighted by Crippen LogP contribution is 2.36. The Bertz CT molecular complexity index is 579. The zero-order valence-electron chi connectivity index (χ0n) is 12.1.